The van der Waals surface area contributed by atoms with Gasteiger partial charge in [-0.25, -0.2) is 4.98 Å². The van der Waals surface area contributed by atoms with Gasteiger partial charge in [0.1, 0.15) is 5.88 Å². The van der Waals surface area contributed by atoms with E-state index in [1.165, 1.54) is 0 Å². The van der Waals surface area contributed by atoms with Crippen molar-refractivity contribution in [2.45, 2.75) is 6.92 Å². The highest BCUT2D eigenvalue weighted by molar-refractivity contribution is 6.27. The van der Waals surface area contributed by atoms with Crippen LogP contribution in [-0.2, 0) is 4.79 Å². The highest BCUT2D eigenvalue weighted by atomic mass is 35.5. The number of hydrazine groups is 1. The number of anilines is 1. The third-order valence-corrected chi connectivity index (χ3v) is 2.25. The minimum Gasteiger partial charge on any atom is -0.334 e. The molecule has 0 saturated carbocycles. The molecule has 0 spiro atoms. The third kappa shape index (κ3) is 2.75. The number of halogens is 1. The van der Waals surface area contributed by atoms with Gasteiger partial charge in [0, 0.05) is 6.20 Å². The first kappa shape index (κ1) is 12.3. The van der Waals surface area contributed by atoms with Gasteiger partial charge in [-0.3, -0.25) is 15.6 Å². The first-order valence-corrected chi connectivity index (χ1v) is 5.60. The summed E-state index contributed by atoms with van der Waals surface area (Å²) in [7, 11) is 0. The molecule has 0 aliphatic carbocycles. The van der Waals surface area contributed by atoms with Gasteiger partial charge in [-0.15, -0.1) is 11.6 Å². The molecule has 0 unspecified atom stereocenters. The van der Waals surface area contributed by atoms with E-state index in [1.54, 1.807) is 25.3 Å². The lowest BCUT2D eigenvalue weighted by Crippen LogP contribution is -2.30. The van der Waals surface area contributed by atoms with E-state index in [0.29, 0.717) is 23.1 Å². The van der Waals surface area contributed by atoms with E-state index in [9.17, 15) is 4.79 Å². The number of hydrogen-bond acceptors (Lipinski definition) is 6. The van der Waals surface area contributed by atoms with E-state index in [1.807, 2.05) is 0 Å². The predicted octanol–water partition coefficient (Wildman–Crippen LogP) is 1.12. The Hall–Kier alpha value is -2.15. The van der Waals surface area contributed by atoms with Gasteiger partial charge in [-0.1, -0.05) is 5.16 Å². The molecule has 0 bridgehead atoms. The average Bonchev–Trinajstić information content (AvgIpc) is 2.83. The Labute approximate surface area is 108 Å². The summed E-state index contributed by atoms with van der Waals surface area (Å²) in [5.74, 6) is 0.733. The molecule has 2 aromatic heterocycles. The maximum Gasteiger partial charge on any atom is 0.261 e. The summed E-state index contributed by atoms with van der Waals surface area (Å²) in [5, 5.41) is 3.70. The van der Waals surface area contributed by atoms with Gasteiger partial charge in [0.05, 0.1) is 5.56 Å². The molecule has 7 nitrogen and oxygen atoms in total. The summed E-state index contributed by atoms with van der Waals surface area (Å²) in [4.78, 5) is 19.2. The van der Waals surface area contributed by atoms with Crippen molar-refractivity contribution in [2.75, 3.05) is 11.3 Å². The number of nitrogens with one attached hydrogen (secondary N) is 2. The van der Waals surface area contributed by atoms with Gasteiger partial charge < -0.3 is 4.52 Å². The molecule has 2 heterocycles. The van der Waals surface area contributed by atoms with Gasteiger partial charge in [0.25, 0.3) is 11.8 Å². The van der Waals surface area contributed by atoms with E-state index in [-0.39, 0.29) is 11.8 Å². The second-order valence-electron chi connectivity index (χ2n) is 3.35. The maximum atomic E-state index is 11.1. The smallest absolute Gasteiger partial charge is 0.261 e. The topological polar surface area (TPSA) is 92.9 Å². The van der Waals surface area contributed by atoms with Crippen molar-refractivity contribution in [3.63, 3.8) is 0 Å². The number of rotatable bonds is 4. The van der Waals surface area contributed by atoms with Crippen LogP contribution in [0.4, 0.5) is 5.82 Å². The summed E-state index contributed by atoms with van der Waals surface area (Å²) >= 11 is 5.37. The highest BCUT2D eigenvalue weighted by Gasteiger charge is 2.12. The number of carbonyl (C=O) groups excluding carboxylic acids is 1. The second-order valence-corrected chi connectivity index (χ2v) is 3.62. The molecule has 0 fully saturated rings. The SMILES string of the molecule is Cc1noc(-c2cccnc2NNC(=O)CCl)n1. The molecule has 94 valence electrons. The minimum atomic E-state index is -0.366. The number of aryl methyl sites for hydroxylation is 1. The summed E-state index contributed by atoms with van der Waals surface area (Å²) in [6.45, 7) is 1.71. The zero-order chi connectivity index (χ0) is 13.0. The zero-order valence-electron chi connectivity index (χ0n) is 9.48. The molecule has 2 rings (SSSR count). The Morgan fingerprint density at radius 3 is 3.06 bits per heavy atom. The summed E-state index contributed by atoms with van der Waals surface area (Å²) in [6, 6.07) is 3.47. The molecule has 2 N–H and O–H groups in total. The summed E-state index contributed by atoms with van der Waals surface area (Å²) in [6.07, 6.45) is 1.57. The van der Waals surface area contributed by atoms with Gasteiger partial charge in [-0.2, -0.15) is 4.98 Å². The molecule has 8 heteroatoms. The molecule has 2 aromatic rings. The molecule has 0 aliphatic heterocycles. The fourth-order valence-electron chi connectivity index (χ4n) is 1.25. The lowest BCUT2D eigenvalue weighted by Gasteiger charge is -2.08. The number of pyridine rings is 1. The van der Waals surface area contributed by atoms with Crippen molar-refractivity contribution in [1.29, 1.82) is 0 Å². The molecular weight excluding hydrogens is 258 g/mol. The Bertz CT molecular complexity index is 557. The Morgan fingerprint density at radius 2 is 2.39 bits per heavy atom. The maximum absolute atomic E-state index is 11.1. The van der Waals surface area contributed by atoms with Gasteiger partial charge in [-0.05, 0) is 19.1 Å². The lowest BCUT2D eigenvalue weighted by atomic mass is 10.2. The quantitative estimate of drug-likeness (QED) is 0.637. The van der Waals surface area contributed by atoms with Crippen LogP contribution in [0.2, 0.25) is 0 Å². The normalized spacial score (nSPS) is 10.1. The lowest BCUT2D eigenvalue weighted by molar-refractivity contribution is -0.118. The molecule has 18 heavy (non-hydrogen) atoms. The van der Waals surface area contributed by atoms with E-state index in [2.05, 4.69) is 26.0 Å². The van der Waals surface area contributed by atoms with E-state index < -0.39 is 0 Å². The van der Waals surface area contributed by atoms with Crippen LogP contribution >= 0.6 is 11.6 Å². The Kier molecular flexibility index (Phi) is 3.73. The number of aromatic nitrogens is 3. The van der Waals surface area contributed by atoms with Gasteiger partial charge in [0.2, 0.25) is 0 Å². The number of amides is 1. The largest absolute Gasteiger partial charge is 0.334 e. The molecule has 0 radical (unpaired) electrons. The monoisotopic (exact) mass is 267 g/mol. The van der Waals surface area contributed by atoms with Crippen molar-refractivity contribution in [1.82, 2.24) is 20.6 Å². The van der Waals surface area contributed by atoms with Crippen LogP contribution in [0.5, 0.6) is 0 Å². The van der Waals surface area contributed by atoms with Crippen LogP contribution in [0, 0.1) is 6.92 Å². The van der Waals surface area contributed by atoms with Crippen molar-refractivity contribution >= 4 is 23.3 Å². The zero-order valence-corrected chi connectivity index (χ0v) is 10.2. The number of hydrogen-bond donors (Lipinski definition) is 2. The minimum absolute atomic E-state index is 0.144. The fourth-order valence-corrected chi connectivity index (χ4v) is 1.31. The van der Waals surface area contributed by atoms with Crippen molar-refractivity contribution < 1.29 is 9.32 Å². The first-order valence-electron chi connectivity index (χ1n) is 5.07. The van der Waals surface area contributed by atoms with E-state index >= 15 is 0 Å². The molecule has 0 atom stereocenters. The van der Waals surface area contributed by atoms with Gasteiger partial charge in [0.15, 0.2) is 11.6 Å². The Morgan fingerprint density at radius 1 is 1.56 bits per heavy atom. The second kappa shape index (κ2) is 5.46. The standard InChI is InChI=1S/C10H10ClN5O2/c1-6-13-10(18-16-6)7-3-2-4-12-9(7)15-14-8(17)5-11/h2-4H,5H2,1H3,(H,12,15)(H,14,17). The van der Waals surface area contributed by atoms with E-state index in [4.69, 9.17) is 16.1 Å². The predicted molar refractivity (Wildman–Crippen MR) is 64.8 cm³/mol. The number of alkyl halides is 1. The average molecular weight is 268 g/mol. The van der Waals surface area contributed by atoms with Crippen LogP contribution in [0.3, 0.4) is 0 Å². The van der Waals surface area contributed by atoms with Crippen molar-refractivity contribution in [2.24, 2.45) is 0 Å². The third-order valence-electron chi connectivity index (χ3n) is 2.01. The van der Waals surface area contributed by atoms with Crippen LogP contribution in [-0.4, -0.2) is 26.9 Å². The molecule has 1 amide bonds. The van der Waals surface area contributed by atoms with Crippen molar-refractivity contribution in [3.05, 3.63) is 24.2 Å². The Balaban J connectivity index is 2.23. The number of nitrogens with zero attached hydrogens (tertiary/aromatic N) is 3. The molecule has 0 aliphatic rings. The summed E-state index contributed by atoms with van der Waals surface area (Å²) < 4.78 is 5.04. The van der Waals surface area contributed by atoms with E-state index in [0.717, 1.165) is 0 Å². The molecule has 0 aromatic carbocycles. The first-order chi connectivity index (χ1) is 8.70. The van der Waals surface area contributed by atoms with Crippen LogP contribution < -0.4 is 10.9 Å². The molecule has 0 saturated heterocycles. The van der Waals surface area contributed by atoms with Crippen LogP contribution in [0.25, 0.3) is 11.5 Å². The molecular formula is C10H10ClN5O2. The summed E-state index contributed by atoms with van der Waals surface area (Å²) in [5.41, 5.74) is 5.63. The highest BCUT2D eigenvalue weighted by Crippen LogP contribution is 2.23. The van der Waals surface area contributed by atoms with Gasteiger partial charge >= 0.3 is 0 Å². The number of carbonyl (C=O) groups is 1. The fraction of sp³-hybridized carbons (Fsp3) is 0.200. The van der Waals surface area contributed by atoms with Crippen LogP contribution in [0.15, 0.2) is 22.9 Å². The van der Waals surface area contributed by atoms with Crippen LogP contribution in [0.1, 0.15) is 5.82 Å². The van der Waals surface area contributed by atoms with Crippen molar-refractivity contribution in [3.8, 4) is 11.5 Å².